The highest BCUT2D eigenvalue weighted by molar-refractivity contribution is 7.66. The molecule has 0 radical (unpaired) electrons. The van der Waals surface area contributed by atoms with Gasteiger partial charge in [-0.05, 0) is 0 Å². The molecule has 17 nitrogen and oxygen atoms in total. The number of nitrogens with one attached hydrogen (secondary N) is 1. The molecule has 1 aromatic heterocycles. The van der Waals surface area contributed by atoms with Crippen LogP contribution >= 0.6 is 23.5 Å². The lowest BCUT2D eigenvalue weighted by atomic mass is 9.87. The van der Waals surface area contributed by atoms with Crippen molar-refractivity contribution in [1.82, 2.24) is 9.55 Å². The predicted molar refractivity (Wildman–Crippen MR) is 101 cm³/mol. The van der Waals surface area contributed by atoms with Crippen molar-refractivity contribution in [3.63, 3.8) is 0 Å². The highest BCUT2D eigenvalue weighted by Gasteiger charge is 2.64. The third-order valence-corrected chi connectivity index (χ3v) is 8.01. The maximum Gasteiger partial charge on any atom is 0.490 e. The number of phosphoric ester groups is 1. The number of ether oxygens (including phenoxy) is 1. The molecule has 0 bridgehead atoms. The maximum absolute atomic E-state index is 14.0. The van der Waals surface area contributed by atoms with E-state index in [9.17, 15) is 42.8 Å². The van der Waals surface area contributed by atoms with Crippen LogP contribution in [0.5, 0.6) is 0 Å². The molecule has 0 saturated carbocycles. The maximum atomic E-state index is 14.0. The minimum atomic E-state index is -5.89. The number of H-pyrrole nitrogens is 1. The summed E-state index contributed by atoms with van der Waals surface area (Å²) in [6.45, 7) is 0.00707. The highest BCUT2D eigenvalue weighted by atomic mass is 31.3. The van der Waals surface area contributed by atoms with Crippen LogP contribution < -0.4 is 11.2 Å². The van der Waals surface area contributed by atoms with Crippen LogP contribution in [0.3, 0.4) is 0 Å². The Kier molecular flexibility index (Phi) is 7.90. The van der Waals surface area contributed by atoms with Crippen LogP contribution in [0.25, 0.3) is 0 Å². The largest absolute Gasteiger partial charge is 0.490 e. The highest BCUT2D eigenvalue weighted by Crippen LogP contribution is 2.66. The molecular formula is C12H18FN2O15P3. The van der Waals surface area contributed by atoms with Crippen molar-refractivity contribution >= 4 is 23.5 Å². The third kappa shape index (κ3) is 6.21. The van der Waals surface area contributed by atoms with Crippen LogP contribution in [0, 0.1) is 0 Å². The molecule has 1 aromatic rings. The van der Waals surface area contributed by atoms with Gasteiger partial charge in [0.25, 0.3) is 5.56 Å². The number of aliphatic hydroxyl groups excluding tert-OH is 1. The van der Waals surface area contributed by atoms with Crippen LogP contribution in [0.1, 0.15) is 6.23 Å². The molecule has 1 fully saturated rings. The smallest absolute Gasteiger partial charge is 0.386 e. The first-order valence-electron chi connectivity index (χ1n) is 8.28. The van der Waals surface area contributed by atoms with Crippen molar-refractivity contribution in [1.29, 1.82) is 0 Å². The molecule has 1 saturated heterocycles. The standard InChI is InChI=1S/C12H18FN2O15P3/c1-2-12(19)8(17)11(5-13,28-9(12)15-4-3-7(16)14-10(15)18)6-27-32(23,24)30-33(25,26)29-31(20,21)22/h2-4,8-9,17,19H,1,5-6H2,(H,23,24)(H,25,26)(H,14,16,18)(H2,20,21,22). The molecule has 6 unspecified atom stereocenters. The van der Waals surface area contributed by atoms with Crippen LogP contribution in [-0.2, 0) is 31.6 Å². The predicted octanol–water partition coefficient (Wildman–Crippen LogP) is -1.61. The van der Waals surface area contributed by atoms with Gasteiger partial charge in [0, 0.05) is 12.3 Å². The Bertz CT molecular complexity index is 1160. The zero-order valence-electron chi connectivity index (χ0n) is 16.0. The third-order valence-electron chi connectivity index (χ3n) is 4.22. The van der Waals surface area contributed by atoms with Gasteiger partial charge in [-0.3, -0.25) is 18.9 Å². The molecule has 188 valence electrons. The molecular weight excluding hydrogens is 524 g/mol. The number of aromatic amines is 1. The van der Waals surface area contributed by atoms with Crippen molar-refractivity contribution < 1.29 is 65.8 Å². The number of phosphoric acid groups is 3. The van der Waals surface area contributed by atoms with E-state index in [-0.39, 0.29) is 0 Å². The molecule has 7 N–H and O–H groups in total. The lowest BCUT2D eigenvalue weighted by Crippen LogP contribution is -2.53. The van der Waals surface area contributed by atoms with E-state index in [2.05, 4.69) is 19.7 Å². The molecule has 0 amide bonds. The molecule has 1 aliphatic rings. The normalized spacial score (nSPS) is 31.6. The van der Waals surface area contributed by atoms with Crippen LogP contribution in [0.2, 0.25) is 0 Å². The van der Waals surface area contributed by atoms with Crippen LogP contribution in [0.15, 0.2) is 34.5 Å². The number of rotatable bonds is 10. The average molecular weight is 542 g/mol. The Morgan fingerprint density at radius 2 is 1.82 bits per heavy atom. The number of halogens is 1. The minimum Gasteiger partial charge on any atom is -0.386 e. The number of aromatic nitrogens is 2. The summed E-state index contributed by atoms with van der Waals surface area (Å²) < 4.78 is 65.0. The number of nitrogens with zero attached hydrogens (tertiary/aromatic N) is 1. The summed E-state index contributed by atoms with van der Waals surface area (Å²) in [4.78, 5) is 60.8. The van der Waals surface area contributed by atoms with E-state index in [4.69, 9.17) is 19.4 Å². The Balaban J connectivity index is 2.34. The zero-order valence-corrected chi connectivity index (χ0v) is 18.7. The van der Waals surface area contributed by atoms with E-state index >= 15 is 0 Å². The van der Waals surface area contributed by atoms with E-state index in [1.165, 1.54) is 0 Å². The molecule has 33 heavy (non-hydrogen) atoms. The van der Waals surface area contributed by atoms with E-state index in [0.717, 1.165) is 12.3 Å². The summed E-state index contributed by atoms with van der Waals surface area (Å²) in [5, 5.41) is 21.3. The van der Waals surface area contributed by atoms with Gasteiger partial charge in [-0.2, -0.15) is 8.62 Å². The van der Waals surface area contributed by atoms with Gasteiger partial charge >= 0.3 is 29.2 Å². The van der Waals surface area contributed by atoms with Gasteiger partial charge in [0.2, 0.25) is 0 Å². The van der Waals surface area contributed by atoms with E-state index in [1.54, 1.807) is 0 Å². The fourth-order valence-corrected chi connectivity index (χ4v) is 5.87. The second-order valence-electron chi connectivity index (χ2n) is 6.54. The second kappa shape index (κ2) is 9.36. The lowest BCUT2D eigenvalue weighted by molar-refractivity contribution is -0.137. The van der Waals surface area contributed by atoms with Crippen molar-refractivity contribution in [3.8, 4) is 0 Å². The molecule has 6 atom stereocenters. The van der Waals surface area contributed by atoms with Crippen molar-refractivity contribution in [2.45, 2.75) is 23.5 Å². The van der Waals surface area contributed by atoms with Gasteiger partial charge in [-0.1, -0.05) is 12.7 Å². The fraction of sp³-hybridized carbons (Fsp3) is 0.500. The Morgan fingerprint density at radius 1 is 1.21 bits per heavy atom. The lowest BCUT2D eigenvalue weighted by Gasteiger charge is -2.31. The summed E-state index contributed by atoms with van der Waals surface area (Å²) in [5.41, 5.74) is -7.38. The van der Waals surface area contributed by atoms with Gasteiger partial charge in [0.05, 0.1) is 6.61 Å². The van der Waals surface area contributed by atoms with Crippen LogP contribution in [0.4, 0.5) is 4.39 Å². The SMILES string of the molecule is C=CC1(O)C(n2ccc(=O)[nH]c2=O)OC(CF)(COP(=O)(O)OP(=O)(O)OP(=O)(O)O)C1O. The van der Waals surface area contributed by atoms with Gasteiger partial charge in [-0.15, -0.1) is 0 Å². The summed E-state index contributed by atoms with van der Waals surface area (Å²) in [7, 11) is -17.3. The van der Waals surface area contributed by atoms with E-state index in [0.29, 0.717) is 10.6 Å². The van der Waals surface area contributed by atoms with E-state index in [1.807, 2.05) is 4.98 Å². The Hall–Kier alpha value is -1.36. The van der Waals surface area contributed by atoms with Crippen molar-refractivity contribution in [2.24, 2.45) is 0 Å². The minimum absolute atomic E-state index is 0.536. The van der Waals surface area contributed by atoms with Gasteiger partial charge < -0.3 is 34.5 Å². The molecule has 0 aromatic carbocycles. The average Bonchev–Trinajstić information content (AvgIpc) is 2.86. The molecule has 0 spiro atoms. The van der Waals surface area contributed by atoms with Crippen molar-refractivity contribution in [2.75, 3.05) is 13.3 Å². The van der Waals surface area contributed by atoms with Gasteiger partial charge in [0.1, 0.15) is 12.8 Å². The molecule has 2 rings (SSSR count). The number of hydrogen-bond donors (Lipinski definition) is 7. The molecule has 2 heterocycles. The first kappa shape index (κ1) is 27.9. The first-order valence-corrected chi connectivity index (χ1v) is 12.8. The second-order valence-corrected chi connectivity index (χ2v) is 11.0. The zero-order chi connectivity index (χ0) is 25.5. The van der Waals surface area contributed by atoms with Crippen molar-refractivity contribution in [3.05, 3.63) is 45.8 Å². The van der Waals surface area contributed by atoms with Gasteiger partial charge in [-0.25, -0.2) is 22.9 Å². The molecule has 0 aliphatic carbocycles. The van der Waals surface area contributed by atoms with Crippen LogP contribution in [-0.4, -0.2) is 69.9 Å². The topological polar surface area (TPSA) is 264 Å². The summed E-state index contributed by atoms with van der Waals surface area (Å²) >= 11 is 0. The number of hydrogen-bond acceptors (Lipinski definition) is 11. The Morgan fingerprint density at radius 3 is 2.30 bits per heavy atom. The van der Waals surface area contributed by atoms with E-state index < -0.39 is 71.5 Å². The summed E-state index contributed by atoms with van der Waals surface area (Å²) in [6.07, 6.45) is -2.84. The number of alkyl halides is 1. The summed E-state index contributed by atoms with van der Waals surface area (Å²) in [6, 6.07) is 0.822. The number of aliphatic hydroxyl groups is 2. The quantitative estimate of drug-likeness (QED) is 0.130. The fourth-order valence-electron chi connectivity index (χ4n) is 2.79. The summed E-state index contributed by atoms with van der Waals surface area (Å²) in [5.74, 6) is 0. The van der Waals surface area contributed by atoms with Gasteiger partial charge in [0.15, 0.2) is 17.4 Å². The molecule has 21 heteroatoms. The molecule has 1 aliphatic heterocycles. The first-order chi connectivity index (χ1) is 14.9. The Labute approximate surface area is 182 Å². The monoisotopic (exact) mass is 542 g/mol.